The van der Waals surface area contributed by atoms with Crippen LogP contribution in [0.25, 0.3) is 0 Å². The second-order valence-electron chi connectivity index (χ2n) is 2.22. The third-order valence-corrected chi connectivity index (χ3v) is 1.20. The number of carbonyl (C=O) groups is 3. The lowest BCUT2D eigenvalue weighted by Gasteiger charge is -2.18. The molecule has 1 aliphatic heterocycles. The third kappa shape index (κ3) is 1.69. The Morgan fingerprint density at radius 1 is 1.58 bits per heavy atom. The maximum Gasteiger partial charge on any atom is 0.330 e. The molecule has 0 bridgehead atoms. The Hall–Kier alpha value is -1.65. The summed E-state index contributed by atoms with van der Waals surface area (Å²) in [5.74, 6) is -1.84. The molecule has 0 spiro atoms. The van der Waals surface area contributed by atoms with Crippen LogP contribution in [0.15, 0.2) is 12.2 Å². The first-order valence-corrected chi connectivity index (χ1v) is 3.33. The topological polar surface area (TPSA) is 63.7 Å². The summed E-state index contributed by atoms with van der Waals surface area (Å²) >= 11 is 0. The highest BCUT2D eigenvalue weighted by Crippen LogP contribution is 2.05. The van der Waals surface area contributed by atoms with E-state index in [9.17, 15) is 14.4 Å². The number of hydrogen-bond acceptors (Lipinski definition) is 4. The van der Waals surface area contributed by atoms with Crippen molar-refractivity contribution >= 4 is 17.8 Å². The minimum Gasteiger partial charge on any atom is -0.330 e. The molecule has 0 N–H and O–H groups in total. The van der Waals surface area contributed by atoms with Gasteiger partial charge in [-0.2, -0.15) is 0 Å². The molecule has 5 heteroatoms. The van der Waals surface area contributed by atoms with Gasteiger partial charge in [0.2, 0.25) is 0 Å². The highest BCUT2D eigenvalue weighted by molar-refractivity contribution is 6.03. The zero-order chi connectivity index (χ0) is 9.14. The monoisotopic (exact) mass is 169 g/mol. The van der Waals surface area contributed by atoms with Crippen LogP contribution in [0.3, 0.4) is 0 Å². The lowest BCUT2D eigenvalue weighted by atomic mass is 10.3. The first-order valence-electron chi connectivity index (χ1n) is 3.33. The molecular formula is C7H7NO4. The molecule has 0 unspecified atom stereocenters. The Morgan fingerprint density at radius 3 is 2.75 bits per heavy atom. The number of rotatable bonds is 1. The van der Waals surface area contributed by atoms with Crippen LogP contribution in [-0.2, 0) is 19.2 Å². The molecule has 0 aromatic carbocycles. The van der Waals surface area contributed by atoms with Crippen LogP contribution < -0.4 is 0 Å². The van der Waals surface area contributed by atoms with Gasteiger partial charge in [0, 0.05) is 19.4 Å². The van der Waals surface area contributed by atoms with Gasteiger partial charge in [-0.05, 0) is 0 Å². The quantitative estimate of drug-likeness (QED) is 0.509. The Bertz CT molecular complexity index is 269. The Balaban J connectivity index is 2.73. The Morgan fingerprint density at radius 2 is 2.25 bits per heavy atom. The summed E-state index contributed by atoms with van der Waals surface area (Å²) in [4.78, 5) is 36.6. The van der Waals surface area contributed by atoms with E-state index in [4.69, 9.17) is 0 Å². The van der Waals surface area contributed by atoms with Gasteiger partial charge in [0.25, 0.3) is 11.8 Å². The van der Waals surface area contributed by atoms with Crippen molar-refractivity contribution in [3.8, 4) is 0 Å². The number of hydroxylamine groups is 2. The molecule has 2 amide bonds. The van der Waals surface area contributed by atoms with Gasteiger partial charge >= 0.3 is 5.97 Å². The Labute approximate surface area is 68.5 Å². The van der Waals surface area contributed by atoms with Gasteiger partial charge in [-0.15, -0.1) is 0 Å². The van der Waals surface area contributed by atoms with E-state index in [1.54, 1.807) is 0 Å². The molecule has 12 heavy (non-hydrogen) atoms. The zero-order valence-corrected chi connectivity index (χ0v) is 6.44. The molecule has 0 saturated heterocycles. The normalized spacial score (nSPS) is 16.6. The Kier molecular flexibility index (Phi) is 2.23. The number of carbonyl (C=O) groups excluding carboxylic acids is 3. The number of hydrogen-bond donors (Lipinski definition) is 0. The van der Waals surface area contributed by atoms with E-state index in [2.05, 4.69) is 4.84 Å². The standard InChI is InChI=1S/C7H7NO4/c1-5(9)12-8-6(10)3-2-4-7(8)11/h2-3H,4H2,1H3. The van der Waals surface area contributed by atoms with Crippen LogP contribution >= 0.6 is 0 Å². The van der Waals surface area contributed by atoms with E-state index in [0.29, 0.717) is 5.06 Å². The van der Waals surface area contributed by atoms with Crippen molar-refractivity contribution in [2.75, 3.05) is 0 Å². The van der Waals surface area contributed by atoms with Crippen molar-refractivity contribution in [2.45, 2.75) is 13.3 Å². The zero-order valence-electron chi connectivity index (χ0n) is 6.44. The fourth-order valence-electron chi connectivity index (χ4n) is 0.759. The number of nitrogens with zero attached hydrogens (tertiary/aromatic N) is 1. The molecule has 5 nitrogen and oxygen atoms in total. The lowest BCUT2D eigenvalue weighted by Crippen LogP contribution is -2.38. The van der Waals surface area contributed by atoms with E-state index in [0.717, 1.165) is 6.92 Å². The van der Waals surface area contributed by atoms with Gasteiger partial charge in [-0.3, -0.25) is 9.59 Å². The van der Waals surface area contributed by atoms with Crippen LogP contribution in [0.2, 0.25) is 0 Å². The fraction of sp³-hybridized carbons (Fsp3) is 0.286. The molecule has 1 heterocycles. The van der Waals surface area contributed by atoms with E-state index < -0.39 is 17.8 Å². The van der Waals surface area contributed by atoms with Gasteiger partial charge in [0.15, 0.2) is 0 Å². The van der Waals surface area contributed by atoms with Gasteiger partial charge < -0.3 is 4.84 Å². The largest absolute Gasteiger partial charge is 0.330 e. The number of imide groups is 1. The molecule has 0 aromatic rings. The summed E-state index contributed by atoms with van der Waals surface area (Å²) in [5, 5.41) is 0.461. The maximum atomic E-state index is 10.9. The summed E-state index contributed by atoms with van der Waals surface area (Å²) in [5.41, 5.74) is 0. The van der Waals surface area contributed by atoms with E-state index in [-0.39, 0.29) is 6.42 Å². The summed E-state index contributed by atoms with van der Waals surface area (Å²) in [6.07, 6.45) is 2.69. The van der Waals surface area contributed by atoms with Gasteiger partial charge in [-0.25, -0.2) is 4.79 Å². The van der Waals surface area contributed by atoms with Crippen molar-refractivity contribution < 1.29 is 19.2 Å². The van der Waals surface area contributed by atoms with Gasteiger partial charge in [0.05, 0.1) is 0 Å². The second-order valence-corrected chi connectivity index (χ2v) is 2.22. The molecule has 0 saturated carbocycles. The predicted molar refractivity (Wildman–Crippen MR) is 37.4 cm³/mol. The van der Waals surface area contributed by atoms with Crippen molar-refractivity contribution in [3.05, 3.63) is 12.2 Å². The molecule has 1 rings (SSSR count). The molecule has 0 radical (unpaired) electrons. The van der Waals surface area contributed by atoms with Gasteiger partial charge in [-0.1, -0.05) is 11.1 Å². The summed E-state index contributed by atoms with van der Waals surface area (Å²) in [6.45, 7) is 1.12. The summed E-state index contributed by atoms with van der Waals surface area (Å²) in [6, 6.07) is 0. The highest BCUT2D eigenvalue weighted by Gasteiger charge is 2.25. The molecule has 0 aliphatic carbocycles. The van der Waals surface area contributed by atoms with Gasteiger partial charge in [0.1, 0.15) is 0 Å². The van der Waals surface area contributed by atoms with E-state index in [1.807, 2.05) is 0 Å². The summed E-state index contributed by atoms with van der Waals surface area (Å²) < 4.78 is 0. The van der Waals surface area contributed by atoms with Crippen LogP contribution in [0, 0.1) is 0 Å². The molecule has 0 fully saturated rings. The van der Waals surface area contributed by atoms with Crippen LogP contribution in [-0.4, -0.2) is 22.8 Å². The lowest BCUT2D eigenvalue weighted by molar-refractivity contribution is -0.199. The number of amides is 2. The van der Waals surface area contributed by atoms with Crippen LogP contribution in [0.1, 0.15) is 13.3 Å². The van der Waals surface area contributed by atoms with E-state index in [1.165, 1.54) is 12.2 Å². The van der Waals surface area contributed by atoms with Crippen molar-refractivity contribution in [1.29, 1.82) is 0 Å². The minimum atomic E-state index is -0.688. The summed E-state index contributed by atoms with van der Waals surface area (Å²) in [7, 11) is 0. The molecule has 64 valence electrons. The SMILES string of the molecule is CC(=O)ON1C(=O)C=CCC1=O. The van der Waals surface area contributed by atoms with Crippen molar-refractivity contribution in [3.63, 3.8) is 0 Å². The first-order chi connectivity index (χ1) is 5.61. The first kappa shape index (κ1) is 8.45. The second kappa shape index (κ2) is 3.17. The predicted octanol–water partition coefficient (Wildman–Crippen LogP) is -0.220. The molecule has 0 atom stereocenters. The van der Waals surface area contributed by atoms with E-state index >= 15 is 0 Å². The molecular weight excluding hydrogens is 162 g/mol. The minimum absolute atomic E-state index is 0.0824. The van der Waals surface area contributed by atoms with Crippen LogP contribution in [0.4, 0.5) is 0 Å². The smallest absolute Gasteiger partial charge is 0.330 e. The average molecular weight is 169 g/mol. The average Bonchev–Trinajstić information content (AvgIpc) is 1.97. The maximum absolute atomic E-state index is 10.9. The highest BCUT2D eigenvalue weighted by atomic mass is 16.7. The van der Waals surface area contributed by atoms with Crippen molar-refractivity contribution in [1.82, 2.24) is 5.06 Å². The van der Waals surface area contributed by atoms with Crippen LogP contribution in [0.5, 0.6) is 0 Å². The fourth-order valence-corrected chi connectivity index (χ4v) is 0.759. The molecule has 1 aliphatic rings. The van der Waals surface area contributed by atoms with Crippen molar-refractivity contribution in [2.24, 2.45) is 0 Å². The molecule has 0 aromatic heterocycles. The third-order valence-electron chi connectivity index (χ3n) is 1.20.